The number of anilines is 1. The largest absolute Gasteiger partial charge is 0.497 e. The maximum atomic E-state index is 12.3. The molecule has 3 N–H and O–H groups in total. The van der Waals surface area contributed by atoms with Crippen molar-refractivity contribution in [1.82, 2.24) is 14.8 Å². The first kappa shape index (κ1) is 18.5. The number of amides is 1. The number of aromatic nitrogens is 3. The zero-order valence-corrected chi connectivity index (χ0v) is 16.3. The van der Waals surface area contributed by atoms with Crippen LogP contribution in [0.25, 0.3) is 11.4 Å². The highest BCUT2D eigenvalue weighted by Crippen LogP contribution is 2.36. The van der Waals surface area contributed by atoms with E-state index in [1.54, 1.807) is 18.9 Å². The van der Waals surface area contributed by atoms with Crippen molar-refractivity contribution in [1.29, 1.82) is 0 Å². The molecule has 0 radical (unpaired) electrons. The predicted octanol–water partition coefficient (Wildman–Crippen LogP) is 2.74. The minimum Gasteiger partial charge on any atom is -0.497 e. The van der Waals surface area contributed by atoms with Crippen molar-refractivity contribution < 1.29 is 14.3 Å². The zero-order chi connectivity index (χ0) is 20.5. The van der Waals surface area contributed by atoms with Crippen molar-refractivity contribution in [3.63, 3.8) is 0 Å². The van der Waals surface area contributed by atoms with Gasteiger partial charge in [0.15, 0.2) is 5.82 Å². The Morgan fingerprint density at radius 1 is 1.03 bits per heavy atom. The van der Waals surface area contributed by atoms with Crippen LogP contribution >= 0.6 is 0 Å². The van der Waals surface area contributed by atoms with E-state index in [9.17, 15) is 4.79 Å². The molecule has 8 nitrogen and oxygen atoms in total. The molecule has 2 heterocycles. The van der Waals surface area contributed by atoms with Gasteiger partial charge in [-0.25, -0.2) is 4.68 Å². The number of hydrogen-bond donors (Lipinski definition) is 2. The molecular weight excluding hydrogens is 370 g/mol. The molecule has 2 aromatic carbocycles. The zero-order valence-electron chi connectivity index (χ0n) is 16.3. The SMILES string of the molecule is COc1ccc(-c2nc3n(n2)C(c2ccc(OC)cc2)C(C(N)=O)=C(C)N3)cc1. The first-order valence-electron chi connectivity index (χ1n) is 9.04. The predicted molar refractivity (Wildman–Crippen MR) is 109 cm³/mol. The van der Waals surface area contributed by atoms with Gasteiger partial charge >= 0.3 is 0 Å². The van der Waals surface area contributed by atoms with Gasteiger partial charge in [-0.2, -0.15) is 4.98 Å². The van der Waals surface area contributed by atoms with E-state index in [0.29, 0.717) is 23.0 Å². The summed E-state index contributed by atoms with van der Waals surface area (Å²) in [6.07, 6.45) is 0. The molecule has 4 rings (SSSR count). The number of carbonyl (C=O) groups is 1. The third-order valence-corrected chi connectivity index (χ3v) is 4.90. The van der Waals surface area contributed by atoms with Crippen LogP contribution in [-0.2, 0) is 4.79 Å². The van der Waals surface area contributed by atoms with Gasteiger partial charge in [0.05, 0.1) is 19.8 Å². The standard InChI is InChI=1S/C21H21N5O3/c1-12-17(19(22)27)18(13-4-8-15(28-2)9-5-13)26-21(23-12)24-20(25-26)14-6-10-16(29-3)11-7-14/h4-11,18H,1-3H3,(H2,22,27)(H,23,24,25). The van der Waals surface area contributed by atoms with Gasteiger partial charge in [-0.15, -0.1) is 5.10 Å². The van der Waals surface area contributed by atoms with Crippen molar-refractivity contribution in [2.45, 2.75) is 13.0 Å². The first-order valence-corrected chi connectivity index (χ1v) is 9.04. The Bertz CT molecular complexity index is 1080. The number of nitrogens with zero attached hydrogens (tertiary/aromatic N) is 3. The van der Waals surface area contributed by atoms with Gasteiger partial charge in [-0.3, -0.25) is 4.79 Å². The molecule has 1 amide bonds. The Balaban J connectivity index is 1.82. The van der Waals surface area contributed by atoms with Crippen LogP contribution in [0.3, 0.4) is 0 Å². The summed E-state index contributed by atoms with van der Waals surface area (Å²) in [4.78, 5) is 16.9. The van der Waals surface area contributed by atoms with E-state index < -0.39 is 11.9 Å². The summed E-state index contributed by atoms with van der Waals surface area (Å²) < 4.78 is 12.1. The van der Waals surface area contributed by atoms with Gasteiger partial charge in [0.25, 0.3) is 0 Å². The summed E-state index contributed by atoms with van der Waals surface area (Å²) in [6, 6.07) is 14.4. The lowest BCUT2D eigenvalue weighted by Gasteiger charge is -2.27. The topological polar surface area (TPSA) is 104 Å². The highest BCUT2D eigenvalue weighted by atomic mass is 16.5. The first-order chi connectivity index (χ1) is 14.0. The fourth-order valence-electron chi connectivity index (χ4n) is 3.43. The maximum absolute atomic E-state index is 12.3. The molecule has 0 saturated carbocycles. The Labute approximate surface area is 168 Å². The van der Waals surface area contributed by atoms with Crippen molar-refractivity contribution in [2.75, 3.05) is 19.5 Å². The minimum atomic E-state index is -0.511. The molecule has 1 aliphatic heterocycles. The average molecular weight is 391 g/mol. The van der Waals surface area contributed by atoms with E-state index in [0.717, 1.165) is 22.6 Å². The summed E-state index contributed by atoms with van der Waals surface area (Å²) in [7, 11) is 3.22. The number of hydrogen-bond acceptors (Lipinski definition) is 6. The Morgan fingerprint density at radius 2 is 1.62 bits per heavy atom. The van der Waals surface area contributed by atoms with Crippen LogP contribution < -0.4 is 20.5 Å². The van der Waals surface area contributed by atoms with Crippen LogP contribution in [0.1, 0.15) is 18.5 Å². The maximum Gasteiger partial charge on any atom is 0.248 e. The fraction of sp³-hybridized carbons (Fsp3) is 0.190. The second-order valence-electron chi connectivity index (χ2n) is 6.64. The number of nitrogens with two attached hydrogens (primary N) is 1. The Morgan fingerprint density at radius 3 is 2.17 bits per heavy atom. The van der Waals surface area contributed by atoms with E-state index >= 15 is 0 Å². The number of carbonyl (C=O) groups excluding carboxylic acids is 1. The molecule has 29 heavy (non-hydrogen) atoms. The summed E-state index contributed by atoms with van der Waals surface area (Å²) in [6.45, 7) is 1.81. The number of fused-ring (bicyclic) bond motifs is 1. The van der Waals surface area contributed by atoms with Crippen LogP contribution in [-0.4, -0.2) is 34.9 Å². The number of ether oxygens (including phenoxy) is 2. The van der Waals surface area contributed by atoms with Gasteiger partial charge in [0.1, 0.15) is 17.5 Å². The quantitative estimate of drug-likeness (QED) is 0.693. The lowest BCUT2D eigenvalue weighted by Crippen LogP contribution is -2.31. The van der Waals surface area contributed by atoms with Crippen LogP contribution in [0.5, 0.6) is 11.5 Å². The number of nitrogens with one attached hydrogen (secondary N) is 1. The fourth-order valence-corrected chi connectivity index (χ4v) is 3.43. The van der Waals surface area contributed by atoms with Crippen LogP contribution in [0.15, 0.2) is 59.8 Å². The molecule has 0 bridgehead atoms. The molecule has 0 spiro atoms. The van der Waals surface area contributed by atoms with Gasteiger partial charge < -0.3 is 20.5 Å². The lowest BCUT2D eigenvalue weighted by molar-refractivity contribution is -0.115. The van der Waals surface area contributed by atoms with Gasteiger partial charge in [0.2, 0.25) is 11.9 Å². The molecule has 1 unspecified atom stereocenters. The number of allylic oxidation sites excluding steroid dienone is 1. The molecule has 1 aliphatic rings. The second kappa shape index (κ2) is 7.31. The number of methoxy groups -OCH3 is 2. The Kier molecular flexibility index (Phi) is 4.67. The molecule has 8 heteroatoms. The van der Waals surface area contributed by atoms with Gasteiger partial charge in [-0.1, -0.05) is 12.1 Å². The van der Waals surface area contributed by atoms with E-state index in [2.05, 4.69) is 15.4 Å². The molecular formula is C21H21N5O3. The molecule has 0 saturated heterocycles. The molecule has 148 valence electrons. The number of benzene rings is 2. The van der Waals surface area contributed by atoms with E-state index in [-0.39, 0.29) is 0 Å². The summed E-state index contributed by atoms with van der Waals surface area (Å²) >= 11 is 0. The average Bonchev–Trinajstić information content (AvgIpc) is 3.16. The third kappa shape index (κ3) is 3.29. The summed E-state index contributed by atoms with van der Waals surface area (Å²) in [5, 5.41) is 7.82. The molecule has 1 atom stereocenters. The van der Waals surface area contributed by atoms with E-state index in [1.807, 2.05) is 55.5 Å². The van der Waals surface area contributed by atoms with Crippen molar-refractivity contribution in [3.8, 4) is 22.9 Å². The van der Waals surface area contributed by atoms with Crippen LogP contribution in [0, 0.1) is 0 Å². The second-order valence-corrected chi connectivity index (χ2v) is 6.64. The van der Waals surface area contributed by atoms with Crippen molar-refractivity contribution >= 4 is 11.9 Å². The third-order valence-electron chi connectivity index (χ3n) is 4.90. The van der Waals surface area contributed by atoms with Gasteiger partial charge in [-0.05, 0) is 48.9 Å². The highest BCUT2D eigenvalue weighted by molar-refractivity contribution is 5.95. The summed E-state index contributed by atoms with van der Waals surface area (Å²) in [5.41, 5.74) is 8.49. The van der Waals surface area contributed by atoms with Gasteiger partial charge in [0, 0.05) is 11.3 Å². The van der Waals surface area contributed by atoms with Crippen molar-refractivity contribution in [2.24, 2.45) is 5.73 Å². The molecule has 0 fully saturated rings. The van der Waals surface area contributed by atoms with E-state index in [4.69, 9.17) is 15.2 Å². The number of rotatable bonds is 5. The molecule has 1 aromatic heterocycles. The monoisotopic (exact) mass is 391 g/mol. The Hall–Kier alpha value is -3.81. The minimum absolute atomic E-state index is 0.439. The number of primary amides is 1. The smallest absolute Gasteiger partial charge is 0.248 e. The highest BCUT2D eigenvalue weighted by Gasteiger charge is 2.33. The van der Waals surface area contributed by atoms with Crippen LogP contribution in [0.4, 0.5) is 5.95 Å². The normalized spacial score (nSPS) is 15.5. The summed E-state index contributed by atoms with van der Waals surface area (Å²) in [5.74, 6) is 2.04. The van der Waals surface area contributed by atoms with Crippen LogP contribution in [0.2, 0.25) is 0 Å². The lowest BCUT2D eigenvalue weighted by atomic mass is 9.95. The van der Waals surface area contributed by atoms with Crippen molar-refractivity contribution in [3.05, 3.63) is 65.4 Å². The van der Waals surface area contributed by atoms with E-state index in [1.165, 1.54) is 0 Å². The molecule has 0 aliphatic carbocycles. The molecule has 3 aromatic rings.